The first kappa shape index (κ1) is 16.8. The van der Waals surface area contributed by atoms with Crippen molar-refractivity contribution in [1.82, 2.24) is 0 Å². The van der Waals surface area contributed by atoms with E-state index in [1.165, 1.54) is 5.56 Å². The second-order valence-corrected chi connectivity index (χ2v) is 5.93. The number of anilines is 1. The Balaban J connectivity index is 1.51. The molecule has 126 valence electrons. The molecule has 1 amide bonds. The Labute approximate surface area is 148 Å². The summed E-state index contributed by atoms with van der Waals surface area (Å²) in [5.41, 5.74) is 3.79. The molecule has 0 aliphatic heterocycles. The molecule has 25 heavy (non-hydrogen) atoms. The molecule has 3 aromatic rings. The van der Waals surface area contributed by atoms with Crippen LogP contribution in [0, 0.1) is 6.92 Å². The van der Waals surface area contributed by atoms with Gasteiger partial charge in [0.2, 0.25) is 0 Å². The van der Waals surface area contributed by atoms with E-state index >= 15 is 0 Å². The normalized spacial score (nSPS) is 10.3. The Morgan fingerprint density at radius 2 is 1.56 bits per heavy atom. The highest BCUT2D eigenvalue weighted by atomic mass is 16.5. The predicted octanol–water partition coefficient (Wildman–Crippen LogP) is 4.87. The van der Waals surface area contributed by atoms with Crippen LogP contribution in [0.3, 0.4) is 0 Å². The summed E-state index contributed by atoms with van der Waals surface area (Å²) in [7, 11) is 0. The molecule has 0 atom stereocenters. The van der Waals surface area contributed by atoms with E-state index in [2.05, 4.69) is 17.4 Å². The maximum absolute atomic E-state index is 12.2. The predicted molar refractivity (Wildman–Crippen MR) is 101 cm³/mol. The molecule has 0 saturated carbocycles. The number of hydrogen-bond acceptors (Lipinski definition) is 2. The Hall–Kier alpha value is -3.07. The zero-order chi connectivity index (χ0) is 17.5. The average Bonchev–Trinajstić information content (AvgIpc) is 2.64. The van der Waals surface area contributed by atoms with Crippen LogP contribution in [0.25, 0.3) is 0 Å². The highest BCUT2D eigenvalue weighted by molar-refractivity contribution is 6.04. The fourth-order valence-corrected chi connectivity index (χ4v) is 2.47. The summed E-state index contributed by atoms with van der Waals surface area (Å²) in [5.74, 6) is 0.682. The van der Waals surface area contributed by atoms with Gasteiger partial charge >= 0.3 is 0 Å². The second-order valence-electron chi connectivity index (χ2n) is 5.93. The summed E-state index contributed by atoms with van der Waals surface area (Å²) < 4.78 is 5.76. The molecule has 3 aromatic carbocycles. The minimum Gasteiger partial charge on any atom is -0.493 e. The van der Waals surface area contributed by atoms with Gasteiger partial charge in [0.05, 0.1) is 6.61 Å². The lowest BCUT2D eigenvalue weighted by molar-refractivity contribution is 0.102. The molecule has 0 radical (unpaired) electrons. The van der Waals surface area contributed by atoms with E-state index in [9.17, 15) is 4.79 Å². The molecule has 0 saturated heterocycles. The summed E-state index contributed by atoms with van der Waals surface area (Å²) in [6, 6.07) is 25.2. The van der Waals surface area contributed by atoms with Crippen molar-refractivity contribution in [1.29, 1.82) is 0 Å². The minimum atomic E-state index is -0.113. The molecular weight excluding hydrogens is 310 g/mol. The molecule has 1 N–H and O–H groups in total. The average molecular weight is 331 g/mol. The van der Waals surface area contributed by atoms with Crippen LogP contribution in [0.2, 0.25) is 0 Å². The van der Waals surface area contributed by atoms with Gasteiger partial charge in [0, 0.05) is 17.7 Å². The Morgan fingerprint density at radius 1 is 0.880 bits per heavy atom. The van der Waals surface area contributed by atoms with Crippen LogP contribution in [0.15, 0.2) is 78.9 Å². The van der Waals surface area contributed by atoms with Crippen molar-refractivity contribution >= 4 is 11.6 Å². The fraction of sp³-hybridized carbons (Fsp3) is 0.136. The van der Waals surface area contributed by atoms with Crippen molar-refractivity contribution < 1.29 is 9.53 Å². The standard InChI is InChI=1S/C22H21NO2/c1-17-7-9-19(10-8-17)22(24)23-20-11-13-21(14-12-20)25-16-15-18-5-3-2-4-6-18/h2-14H,15-16H2,1H3,(H,23,24). The van der Waals surface area contributed by atoms with Gasteiger partial charge < -0.3 is 10.1 Å². The van der Waals surface area contributed by atoms with Crippen LogP contribution in [-0.2, 0) is 6.42 Å². The van der Waals surface area contributed by atoms with Gasteiger partial charge in [-0.15, -0.1) is 0 Å². The van der Waals surface area contributed by atoms with Crippen LogP contribution in [0.5, 0.6) is 5.75 Å². The van der Waals surface area contributed by atoms with Crippen molar-refractivity contribution in [2.24, 2.45) is 0 Å². The van der Waals surface area contributed by atoms with E-state index in [1.54, 1.807) is 0 Å². The fourth-order valence-electron chi connectivity index (χ4n) is 2.47. The maximum atomic E-state index is 12.2. The first-order chi connectivity index (χ1) is 12.2. The smallest absolute Gasteiger partial charge is 0.255 e. The van der Waals surface area contributed by atoms with Gasteiger partial charge in [-0.25, -0.2) is 0 Å². The van der Waals surface area contributed by atoms with Gasteiger partial charge in [-0.3, -0.25) is 4.79 Å². The van der Waals surface area contributed by atoms with E-state index < -0.39 is 0 Å². The number of rotatable bonds is 6. The molecule has 0 fully saturated rings. The number of amides is 1. The summed E-state index contributed by atoms with van der Waals surface area (Å²) in [6.07, 6.45) is 0.868. The first-order valence-corrected chi connectivity index (χ1v) is 8.35. The van der Waals surface area contributed by atoms with Gasteiger partial charge in [-0.05, 0) is 48.9 Å². The summed E-state index contributed by atoms with van der Waals surface area (Å²) in [6.45, 7) is 2.62. The lowest BCUT2D eigenvalue weighted by Crippen LogP contribution is -2.11. The van der Waals surface area contributed by atoms with Crippen LogP contribution < -0.4 is 10.1 Å². The maximum Gasteiger partial charge on any atom is 0.255 e. The third kappa shape index (κ3) is 4.95. The van der Waals surface area contributed by atoms with Gasteiger partial charge in [0.25, 0.3) is 5.91 Å². The number of benzene rings is 3. The van der Waals surface area contributed by atoms with Crippen LogP contribution in [-0.4, -0.2) is 12.5 Å². The Kier molecular flexibility index (Phi) is 5.47. The van der Waals surface area contributed by atoms with E-state index in [4.69, 9.17) is 4.74 Å². The molecule has 0 aliphatic rings. The van der Waals surface area contributed by atoms with Crippen LogP contribution >= 0.6 is 0 Å². The first-order valence-electron chi connectivity index (χ1n) is 8.35. The lowest BCUT2D eigenvalue weighted by Gasteiger charge is -2.09. The van der Waals surface area contributed by atoms with Gasteiger partial charge in [0.1, 0.15) is 5.75 Å². The van der Waals surface area contributed by atoms with Gasteiger partial charge in [0.15, 0.2) is 0 Å². The summed E-state index contributed by atoms with van der Waals surface area (Å²) >= 11 is 0. The minimum absolute atomic E-state index is 0.113. The molecule has 0 aromatic heterocycles. The molecule has 0 heterocycles. The third-order valence-electron chi connectivity index (χ3n) is 3.93. The third-order valence-corrected chi connectivity index (χ3v) is 3.93. The SMILES string of the molecule is Cc1ccc(C(=O)Nc2ccc(OCCc3ccccc3)cc2)cc1. The zero-order valence-electron chi connectivity index (χ0n) is 14.2. The molecule has 0 spiro atoms. The quantitative estimate of drug-likeness (QED) is 0.700. The number of carbonyl (C=O) groups excluding carboxylic acids is 1. The molecule has 3 rings (SSSR count). The van der Waals surface area contributed by atoms with Gasteiger partial charge in [-0.1, -0.05) is 48.0 Å². The molecule has 3 heteroatoms. The van der Waals surface area contributed by atoms with E-state index in [0.717, 1.165) is 23.4 Å². The lowest BCUT2D eigenvalue weighted by atomic mass is 10.1. The Morgan fingerprint density at radius 3 is 2.24 bits per heavy atom. The molecular formula is C22H21NO2. The van der Waals surface area contributed by atoms with Crippen molar-refractivity contribution in [3.63, 3.8) is 0 Å². The number of ether oxygens (including phenoxy) is 1. The number of hydrogen-bond donors (Lipinski definition) is 1. The molecule has 0 unspecified atom stereocenters. The highest BCUT2D eigenvalue weighted by Crippen LogP contribution is 2.17. The number of aryl methyl sites for hydroxylation is 1. The van der Waals surface area contributed by atoms with Gasteiger partial charge in [-0.2, -0.15) is 0 Å². The molecule has 0 aliphatic carbocycles. The number of nitrogens with one attached hydrogen (secondary N) is 1. The van der Waals surface area contributed by atoms with Crippen molar-refractivity contribution in [3.8, 4) is 5.75 Å². The van der Waals surface area contributed by atoms with Crippen molar-refractivity contribution in [2.45, 2.75) is 13.3 Å². The zero-order valence-corrected chi connectivity index (χ0v) is 14.2. The second kappa shape index (κ2) is 8.15. The highest BCUT2D eigenvalue weighted by Gasteiger charge is 2.05. The summed E-state index contributed by atoms with van der Waals surface area (Å²) in [5, 5.41) is 2.89. The van der Waals surface area contributed by atoms with Crippen molar-refractivity contribution in [3.05, 3.63) is 95.6 Å². The summed E-state index contributed by atoms with van der Waals surface area (Å²) in [4.78, 5) is 12.2. The monoisotopic (exact) mass is 331 g/mol. The van der Waals surface area contributed by atoms with Crippen LogP contribution in [0.1, 0.15) is 21.5 Å². The van der Waals surface area contributed by atoms with E-state index in [0.29, 0.717) is 12.2 Å². The number of carbonyl (C=O) groups is 1. The topological polar surface area (TPSA) is 38.3 Å². The largest absolute Gasteiger partial charge is 0.493 e. The Bertz CT molecular complexity index is 809. The molecule has 3 nitrogen and oxygen atoms in total. The molecule has 0 bridgehead atoms. The van der Waals surface area contributed by atoms with Crippen molar-refractivity contribution in [2.75, 3.05) is 11.9 Å². The van der Waals surface area contributed by atoms with E-state index in [1.807, 2.05) is 73.7 Å². The van der Waals surface area contributed by atoms with Crippen LogP contribution in [0.4, 0.5) is 5.69 Å². The van der Waals surface area contributed by atoms with E-state index in [-0.39, 0.29) is 5.91 Å².